The molecule has 226 valence electrons. The molecule has 6 aromatic rings. The molecule has 0 spiro atoms. The highest BCUT2D eigenvalue weighted by Gasteiger charge is 2.61. The maximum Gasteiger partial charge on any atom is 0.252 e. The van der Waals surface area contributed by atoms with E-state index in [1.54, 1.807) is 0 Å². The van der Waals surface area contributed by atoms with Gasteiger partial charge in [0, 0.05) is 38.9 Å². The van der Waals surface area contributed by atoms with Crippen molar-refractivity contribution in [1.82, 2.24) is 0 Å². The number of rotatable bonds is 1. The van der Waals surface area contributed by atoms with E-state index in [0.29, 0.717) is 0 Å². The van der Waals surface area contributed by atoms with Gasteiger partial charge < -0.3 is 14.2 Å². The smallest absolute Gasteiger partial charge is 0.252 e. The van der Waals surface area contributed by atoms with Crippen molar-refractivity contribution >= 4 is 73.5 Å². The summed E-state index contributed by atoms with van der Waals surface area (Å²) in [4.78, 5) is 5.33. The van der Waals surface area contributed by atoms with Gasteiger partial charge in [-0.15, -0.1) is 0 Å². The Bertz CT molecular complexity index is 2280. The molecular formula is C42H39BN2O. The summed E-state index contributed by atoms with van der Waals surface area (Å²) in [7, 11) is 0. The van der Waals surface area contributed by atoms with Crippen LogP contribution >= 0.6 is 0 Å². The Morgan fingerprint density at radius 3 is 2.30 bits per heavy atom. The van der Waals surface area contributed by atoms with E-state index in [0.717, 1.165) is 22.2 Å². The molecule has 10 rings (SSSR count). The van der Waals surface area contributed by atoms with E-state index < -0.39 is 0 Å². The fraction of sp³-hybridized carbons (Fsp3) is 0.286. The minimum absolute atomic E-state index is 0.0183. The number of benzene rings is 5. The van der Waals surface area contributed by atoms with E-state index in [1.807, 2.05) is 0 Å². The van der Waals surface area contributed by atoms with Crippen LogP contribution in [0.4, 0.5) is 28.4 Å². The van der Waals surface area contributed by atoms with Crippen molar-refractivity contribution in [3.63, 3.8) is 0 Å². The Morgan fingerprint density at radius 2 is 1.43 bits per heavy atom. The summed E-state index contributed by atoms with van der Waals surface area (Å²) < 4.78 is 6.73. The highest BCUT2D eigenvalue weighted by molar-refractivity contribution is 7.00. The number of hydrogen-bond acceptors (Lipinski definition) is 3. The standard InChI is InChI=1S/C42H39BN2O/c1-40(2,3)26-19-21-31-35(25-26)44(34-17-12-14-28-27-13-6-9-18-36(27)46-39(28)34)33-22-20-29-38-37(33)43(31)30-15-7-8-16-32(30)45(38)42(5)24-11-10-23-41(29,42)4/h6-9,12-22,25H,10-11,23-24H2,1-5H3. The van der Waals surface area contributed by atoms with Gasteiger partial charge in [-0.25, -0.2) is 0 Å². The number of anilines is 5. The molecule has 2 atom stereocenters. The zero-order valence-corrected chi connectivity index (χ0v) is 27.4. The largest absolute Gasteiger partial charge is 0.454 e. The van der Waals surface area contributed by atoms with Crippen LogP contribution in [0, 0.1) is 0 Å². The van der Waals surface area contributed by atoms with Gasteiger partial charge in [-0.3, -0.25) is 0 Å². The molecule has 46 heavy (non-hydrogen) atoms. The lowest BCUT2D eigenvalue weighted by Crippen LogP contribution is -2.64. The van der Waals surface area contributed by atoms with Crippen molar-refractivity contribution in [2.75, 3.05) is 9.80 Å². The lowest BCUT2D eigenvalue weighted by molar-refractivity contribution is 0.195. The molecule has 0 saturated heterocycles. The molecule has 4 heteroatoms. The molecule has 2 unspecified atom stereocenters. The third-order valence-corrected chi connectivity index (χ3v) is 12.4. The van der Waals surface area contributed by atoms with Gasteiger partial charge in [0.1, 0.15) is 5.58 Å². The topological polar surface area (TPSA) is 19.6 Å². The van der Waals surface area contributed by atoms with Crippen LogP contribution < -0.4 is 26.2 Å². The predicted octanol–water partition coefficient (Wildman–Crippen LogP) is 9.24. The molecule has 0 radical (unpaired) electrons. The van der Waals surface area contributed by atoms with Crippen molar-refractivity contribution < 1.29 is 4.42 Å². The molecule has 1 saturated carbocycles. The Labute approximate surface area is 271 Å². The minimum atomic E-state index is 0.0183. The molecule has 4 heterocycles. The van der Waals surface area contributed by atoms with Gasteiger partial charge in [-0.2, -0.15) is 0 Å². The molecule has 0 bridgehead atoms. The van der Waals surface area contributed by atoms with Gasteiger partial charge in [-0.05, 0) is 83.0 Å². The van der Waals surface area contributed by atoms with Crippen molar-refractivity contribution in [2.24, 2.45) is 0 Å². The SMILES string of the molecule is CC(C)(C)c1ccc2c(c1)N(c1cccc3c1oc1ccccc13)c1ccc3c4c1B2c1ccccc1N4C1(C)CCCCC31C. The van der Waals surface area contributed by atoms with Gasteiger partial charge in [0.15, 0.2) is 5.58 Å². The van der Waals surface area contributed by atoms with Crippen molar-refractivity contribution in [2.45, 2.75) is 76.7 Å². The second-order valence-corrected chi connectivity index (χ2v) is 15.6. The van der Waals surface area contributed by atoms with Gasteiger partial charge in [0.25, 0.3) is 6.71 Å². The first-order valence-electron chi connectivity index (χ1n) is 17.1. The third kappa shape index (κ3) is 3.11. The first-order chi connectivity index (χ1) is 22.2. The highest BCUT2D eigenvalue weighted by Crippen LogP contribution is 2.62. The van der Waals surface area contributed by atoms with E-state index >= 15 is 0 Å². The molecular weight excluding hydrogens is 559 g/mol. The summed E-state index contributed by atoms with van der Waals surface area (Å²) in [6, 6.07) is 36.6. The van der Waals surface area contributed by atoms with Gasteiger partial charge in [-0.1, -0.05) is 107 Å². The van der Waals surface area contributed by atoms with Crippen molar-refractivity contribution in [1.29, 1.82) is 0 Å². The van der Waals surface area contributed by atoms with Crippen molar-refractivity contribution in [3.05, 3.63) is 108 Å². The third-order valence-electron chi connectivity index (χ3n) is 12.4. The first kappa shape index (κ1) is 26.8. The fourth-order valence-corrected chi connectivity index (χ4v) is 9.83. The lowest BCUT2D eigenvalue weighted by Gasteiger charge is -2.52. The highest BCUT2D eigenvalue weighted by atomic mass is 16.3. The Hall–Kier alpha value is -4.44. The van der Waals surface area contributed by atoms with Crippen LogP contribution in [0.25, 0.3) is 21.9 Å². The zero-order chi connectivity index (χ0) is 31.2. The molecule has 1 aromatic heterocycles. The van der Waals surface area contributed by atoms with Crippen LogP contribution in [-0.2, 0) is 10.8 Å². The molecule has 3 nitrogen and oxygen atoms in total. The van der Waals surface area contributed by atoms with E-state index in [-0.39, 0.29) is 23.1 Å². The molecule has 4 aliphatic rings. The Balaban J connectivity index is 1.34. The normalized spacial score (nSPS) is 22.6. The average molecular weight is 599 g/mol. The lowest BCUT2D eigenvalue weighted by atomic mass is 9.33. The minimum Gasteiger partial charge on any atom is -0.454 e. The van der Waals surface area contributed by atoms with E-state index in [2.05, 4.69) is 141 Å². The molecule has 1 aliphatic carbocycles. The molecule has 3 aliphatic heterocycles. The average Bonchev–Trinajstić information content (AvgIpc) is 3.54. The van der Waals surface area contributed by atoms with Crippen LogP contribution in [-0.4, -0.2) is 12.3 Å². The molecule has 0 N–H and O–H groups in total. The first-order valence-corrected chi connectivity index (χ1v) is 17.1. The van der Waals surface area contributed by atoms with E-state index in [9.17, 15) is 0 Å². The number of furan rings is 1. The fourth-order valence-electron chi connectivity index (χ4n) is 9.83. The van der Waals surface area contributed by atoms with E-state index in [1.165, 1.54) is 81.3 Å². The second kappa shape index (κ2) is 8.67. The summed E-state index contributed by atoms with van der Waals surface area (Å²) in [6.07, 6.45) is 5.01. The summed E-state index contributed by atoms with van der Waals surface area (Å²) >= 11 is 0. The number of fused-ring (bicyclic) bond motifs is 11. The van der Waals surface area contributed by atoms with E-state index in [4.69, 9.17) is 4.42 Å². The van der Waals surface area contributed by atoms with Crippen LogP contribution in [0.1, 0.15) is 71.4 Å². The van der Waals surface area contributed by atoms with Crippen LogP contribution in [0.2, 0.25) is 0 Å². The Kier molecular flexibility index (Phi) is 5.04. The van der Waals surface area contributed by atoms with Crippen molar-refractivity contribution in [3.8, 4) is 0 Å². The van der Waals surface area contributed by atoms with Gasteiger partial charge in [0.2, 0.25) is 0 Å². The number of nitrogens with zero attached hydrogens (tertiary/aromatic N) is 2. The maximum absolute atomic E-state index is 6.73. The summed E-state index contributed by atoms with van der Waals surface area (Å²) in [5.74, 6) is 0. The number of hydrogen-bond donors (Lipinski definition) is 0. The summed E-state index contributed by atoms with van der Waals surface area (Å²) in [5, 5.41) is 2.33. The maximum atomic E-state index is 6.73. The number of para-hydroxylation sites is 3. The van der Waals surface area contributed by atoms with Crippen LogP contribution in [0.3, 0.4) is 0 Å². The predicted molar refractivity (Wildman–Crippen MR) is 195 cm³/mol. The van der Waals surface area contributed by atoms with Crippen LogP contribution in [0.5, 0.6) is 0 Å². The molecule has 0 amide bonds. The summed E-state index contributed by atoms with van der Waals surface area (Å²) in [5.41, 5.74) is 15.7. The second-order valence-electron chi connectivity index (χ2n) is 15.6. The van der Waals surface area contributed by atoms with Crippen LogP contribution in [0.15, 0.2) is 101 Å². The van der Waals surface area contributed by atoms with Gasteiger partial charge in [0.05, 0.1) is 11.2 Å². The quantitative estimate of drug-likeness (QED) is 0.176. The Morgan fingerprint density at radius 1 is 0.696 bits per heavy atom. The zero-order valence-electron chi connectivity index (χ0n) is 27.4. The molecule has 1 fully saturated rings. The van der Waals surface area contributed by atoms with Gasteiger partial charge >= 0.3 is 0 Å². The monoisotopic (exact) mass is 598 g/mol. The molecule has 5 aromatic carbocycles. The summed E-state index contributed by atoms with van der Waals surface area (Å²) in [6.45, 7) is 12.2.